The molecule has 0 unspecified atom stereocenters. The monoisotopic (exact) mass is 659 g/mol. The van der Waals surface area contributed by atoms with E-state index in [-0.39, 0.29) is 17.3 Å². The molecule has 12 nitrogen and oxygen atoms in total. The Balaban J connectivity index is 0.000000900. The number of alkyl halides is 7. The van der Waals surface area contributed by atoms with Gasteiger partial charge in [-0.15, -0.1) is 0 Å². The number of carboxylic acid groups (broad SMARTS) is 1. The first-order chi connectivity index (χ1) is 20.5. The number of halogens is 8. The van der Waals surface area contributed by atoms with Crippen LogP contribution in [-0.2, 0) is 19.8 Å². The predicted molar refractivity (Wildman–Crippen MR) is 136 cm³/mol. The second-order valence-corrected chi connectivity index (χ2v) is 10.1. The SMILES string of the molecule is CC(C)(C)OC(=O)NC1=N[C@](C)(c2nc(NC(=O)c3ccc(OCF)cn3)ccc2F)C[C@@H](C(F)(F)F)O1.O=C(O)C(F)(F)F. The highest BCUT2D eigenvalue weighted by atomic mass is 19.4. The fraction of sp³-hybridized carbons (Fsp3) is 0.440. The standard InChI is InChI=1S/C23H24F5N5O5.C2HF3O2/c1-21(2,3)38-20(35)32-19-33-22(4,9-15(37-19)23(26,27)28)17-13(25)6-8-16(30-17)31-18(34)14-7-5-12(10-29-14)36-11-24;3-2(4,5)1(6)7/h5-8,10,15H,9,11H2,1-4H3,(H,30,31,34)(H,32,33,35);(H,6,7)/t15-,22-;/m0./s1. The Labute approximate surface area is 248 Å². The number of amides is 2. The zero-order valence-electron chi connectivity index (χ0n) is 23.6. The number of rotatable bonds is 5. The molecule has 0 bridgehead atoms. The van der Waals surface area contributed by atoms with Gasteiger partial charge in [-0.2, -0.15) is 26.3 Å². The van der Waals surface area contributed by atoms with E-state index >= 15 is 0 Å². The van der Waals surface area contributed by atoms with Gasteiger partial charge in [-0.1, -0.05) is 0 Å². The van der Waals surface area contributed by atoms with Gasteiger partial charge in [0.2, 0.25) is 6.86 Å². The van der Waals surface area contributed by atoms with Crippen molar-refractivity contribution in [2.75, 3.05) is 12.2 Å². The number of aromatic nitrogens is 2. The van der Waals surface area contributed by atoms with Gasteiger partial charge in [0.15, 0.2) is 6.10 Å². The molecule has 0 aromatic carbocycles. The second kappa shape index (κ2) is 13.9. The molecule has 0 spiro atoms. The second-order valence-electron chi connectivity index (χ2n) is 10.1. The van der Waals surface area contributed by atoms with Crippen molar-refractivity contribution < 1.29 is 68.8 Å². The molecule has 0 aliphatic carbocycles. The van der Waals surface area contributed by atoms with E-state index in [2.05, 4.69) is 25.0 Å². The van der Waals surface area contributed by atoms with Gasteiger partial charge in [0.25, 0.3) is 11.9 Å². The smallest absolute Gasteiger partial charge is 0.475 e. The topological polar surface area (TPSA) is 161 Å². The summed E-state index contributed by atoms with van der Waals surface area (Å²) in [7, 11) is 0. The molecule has 0 saturated heterocycles. The van der Waals surface area contributed by atoms with Crippen LogP contribution in [0.25, 0.3) is 0 Å². The highest BCUT2D eigenvalue weighted by molar-refractivity contribution is 6.02. The van der Waals surface area contributed by atoms with Gasteiger partial charge in [0, 0.05) is 6.42 Å². The number of amidine groups is 1. The zero-order valence-corrected chi connectivity index (χ0v) is 23.6. The maximum absolute atomic E-state index is 14.9. The number of aliphatic imine (C=N–C) groups is 1. The average Bonchev–Trinajstić information content (AvgIpc) is 2.88. The van der Waals surface area contributed by atoms with Crippen LogP contribution in [0.1, 0.15) is 50.3 Å². The van der Waals surface area contributed by atoms with Gasteiger partial charge in [0.05, 0.1) is 6.20 Å². The van der Waals surface area contributed by atoms with Gasteiger partial charge >= 0.3 is 24.4 Å². The van der Waals surface area contributed by atoms with Crippen molar-refractivity contribution in [2.45, 2.75) is 63.7 Å². The van der Waals surface area contributed by atoms with E-state index in [9.17, 15) is 44.7 Å². The third-order valence-corrected chi connectivity index (χ3v) is 5.19. The van der Waals surface area contributed by atoms with Crippen LogP contribution in [0.15, 0.2) is 35.5 Å². The number of carbonyl (C=O) groups is 3. The number of carboxylic acids is 1. The fourth-order valence-electron chi connectivity index (χ4n) is 3.35. The molecular weight excluding hydrogens is 634 g/mol. The molecule has 0 radical (unpaired) electrons. The van der Waals surface area contributed by atoms with Crippen LogP contribution in [0.3, 0.4) is 0 Å². The summed E-state index contributed by atoms with van der Waals surface area (Å²) >= 11 is 0. The van der Waals surface area contributed by atoms with Gasteiger partial charge in [-0.3, -0.25) is 4.79 Å². The molecule has 1 aliphatic rings. The van der Waals surface area contributed by atoms with Gasteiger partial charge in [0.1, 0.15) is 39.9 Å². The summed E-state index contributed by atoms with van der Waals surface area (Å²) in [6, 6.07) is 3.66. The molecule has 2 amide bonds. The van der Waals surface area contributed by atoms with Crippen molar-refractivity contribution in [1.82, 2.24) is 15.3 Å². The summed E-state index contributed by atoms with van der Waals surface area (Å²) in [4.78, 5) is 45.3. The Hall–Kier alpha value is -4.78. The van der Waals surface area contributed by atoms with Crippen LogP contribution in [0, 0.1) is 5.82 Å². The Morgan fingerprint density at radius 3 is 2.18 bits per heavy atom. The number of carbonyl (C=O) groups excluding carboxylic acids is 2. The van der Waals surface area contributed by atoms with Crippen LogP contribution >= 0.6 is 0 Å². The van der Waals surface area contributed by atoms with Crippen LogP contribution in [0.4, 0.5) is 45.7 Å². The maximum Gasteiger partial charge on any atom is 0.490 e. The third kappa shape index (κ3) is 11.0. The maximum atomic E-state index is 14.9. The number of aliphatic carboxylic acids is 1. The third-order valence-electron chi connectivity index (χ3n) is 5.19. The van der Waals surface area contributed by atoms with Crippen LogP contribution < -0.4 is 15.4 Å². The molecule has 0 saturated carbocycles. The molecule has 2 atom stereocenters. The lowest BCUT2D eigenvalue weighted by Crippen LogP contribution is -2.49. The summed E-state index contributed by atoms with van der Waals surface area (Å²) in [5.74, 6) is -4.70. The summed E-state index contributed by atoms with van der Waals surface area (Å²) in [5.41, 5.74) is -3.62. The number of nitrogens with zero attached hydrogens (tertiary/aromatic N) is 3. The van der Waals surface area contributed by atoms with Gasteiger partial charge < -0.3 is 24.6 Å². The van der Waals surface area contributed by atoms with Crippen LogP contribution in [-0.4, -0.2) is 70.0 Å². The molecule has 1 aliphatic heterocycles. The number of ether oxygens (including phenoxy) is 3. The van der Waals surface area contributed by atoms with E-state index < -0.39 is 78.4 Å². The Kier molecular flexibility index (Phi) is 11.2. The summed E-state index contributed by atoms with van der Waals surface area (Å²) in [6.07, 6.45) is -13.4. The van der Waals surface area contributed by atoms with Gasteiger partial charge in [-0.05, 0) is 52.0 Å². The Morgan fingerprint density at radius 1 is 1.07 bits per heavy atom. The largest absolute Gasteiger partial charge is 0.490 e. The molecule has 20 heteroatoms. The molecule has 45 heavy (non-hydrogen) atoms. The van der Waals surface area contributed by atoms with Crippen molar-refractivity contribution in [1.29, 1.82) is 0 Å². The summed E-state index contributed by atoms with van der Waals surface area (Å²) < 4.78 is 114. The molecule has 2 aromatic heterocycles. The minimum absolute atomic E-state index is 0.0755. The van der Waals surface area contributed by atoms with Crippen LogP contribution in [0.5, 0.6) is 5.75 Å². The zero-order chi connectivity index (χ0) is 34.4. The number of hydrogen-bond donors (Lipinski definition) is 3. The molecule has 0 fully saturated rings. The van der Waals surface area contributed by atoms with Crippen molar-refractivity contribution in [2.24, 2.45) is 4.99 Å². The number of hydrogen-bond acceptors (Lipinski definition) is 9. The minimum atomic E-state index is -5.08. The van der Waals surface area contributed by atoms with E-state index in [1.807, 2.05) is 5.32 Å². The normalized spacial score (nSPS) is 18.3. The van der Waals surface area contributed by atoms with Crippen molar-refractivity contribution >= 4 is 29.8 Å². The molecule has 2 aromatic rings. The molecular formula is C25H25F8N5O7. The van der Waals surface area contributed by atoms with Gasteiger partial charge in [-0.25, -0.2) is 38.6 Å². The van der Waals surface area contributed by atoms with Crippen LogP contribution in [0.2, 0.25) is 0 Å². The average molecular weight is 659 g/mol. The highest BCUT2D eigenvalue weighted by Crippen LogP contribution is 2.40. The highest BCUT2D eigenvalue weighted by Gasteiger charge is 2.51. The predicted octanol–water partition coefficient (Wildman–Crippen LogP) is 5.25. The summed E-state index contributed by atoms with van der Waals surface area (Å²) in [5, 5.41) is 11.5. The molecule has 3 N–H and O–H groups in total. The first-order valence-electron chi connectivity index (χ1n) is 12.3. The molecule has 3 rings (SSSR count). The Bertz CT molecular complexity index is 1410. The lowest BCUT2D eigenvalue weighted by atomic mass is 9.89. The number of pyridine rings is 2. The fourth-order valence-corrected chi connectivity index (χ4v) is 3.35. The number of nitrogens with one attached hydrogen (secondary N) is 2. The Morgan fingerprint density at radius 2 is 1.69 bits per heavy atom. The van der Waals surface area contributed by atoms with E-state index in [1.165, 1.54) is 19.1 Å². The minimum Gasteiger partial charge on any atom is -0.475 e. The first-order valence-corrected chi connectivity index (χ1v) is 12.3. The summed E-state index contributed by atoms with van der Waals surface area (Å²) in [6.45, 7) is 4.71. The van der Waals surface area contributed by atoms with Crippen molar-refractivity contribution in [3.8, 4) is 5.75 Å². The van der Waals surface area contributed by atoms with Crippen molar-refractivity contribution in [3.05, 3.63) is 47.7 Å². The molecule has 248 valence electrons. The molecule has 3 heterocycles. The lowest BCUT2D eigenvalue weighted by molar-refractivity contribution is -0.208. The first kappa shape index (κ1) is 36.4. The quantitative estimate of drug-likeness (QED) is 0.364. The van der Waals surface area contributed by atoms with E-state index in [0.29, 0.717) is 0 Å². The van der Waals surface area contributed by atoms with Crippen molar-refractivity contribution in [3.63, 3.8) is 0 Å². The van der Waals surface area contributed by atoms with E-state index in [1.54, 1.807) is 20.8 Å². The number of anilines is 1. The van der Waals surface area contributed by atoms with E-state index in [4.69, 9.17) is 19.4 Å². The lowest BCUT2D eigenvalue weighted by Gasteiger charge is -2.36. The van der Waals surface area contributed by atoms with E-state index in [0.717, 1.165) is 18.3 Å². The number of alkyl carbamates (subject to hydrolysis) is 1.